The molecular weight excluding hydrogens is 310 g/mol. The number of carbonyl (C=O) groups is 2. The fourth-order valence-corrected chi connectivity index (χ4v) is 3.46. The van der Waals surface area contributed by atoms with Gasteiger partial charge in [0, 0.05) is 17.5 Å². The van der Waals surface area contributed by atoms with E-state index in [0.29, 0.717) is 5.75 Å². The van der Waals surface area contributed by atoms with Crippen molar-refractivity contribution in [1.82, 2.24) is 10.6 Å². The molecule has 114 valence electrons. The smallest absolute Gasteiger partial charge is 0.240 e. The van der Waals surface area contributed by atoms with E-state index in [0.717, 1.165) is 30.1 Å². The van der Waals surface area contributed by atoms with Crippen LogP contribution < -0.4 is 15.5 Å². The molecule has 0 spiro atoms. The minimum atomic E-state index is -0.0891. The molecule has 1 aromatic carbocycles. The second-order valence-electron chi connectivity index (χ2n) is 4.99. The van der Waals surface area contributed by atoms with Gasteiger partial charge in [0.2, 0.25) is 11.8 Å². The maximum absolute atomic E-state index is 12.1. The molecule has 1 atom stereocenters. The first-order valence-electron chi connectivity index (χ1n) is 6.76. The van der Waals surface area contributed by atoms with Crippen LogP contribution >= 0.6 is 24.2 Å². The highest BCUT2D eigenvalue weighted by atomic mass is 35.5. The molecule has 1 saturated heterocycles. The molecular formula is C14H18ClN3O2S. The molecule has 21 heavy (non-hydrogen) atoms. The van der Waals surface area contributed by atoms with Gasteiger partial charge in [-0.05, 0) is 25.1 Å². The zero-order chi connectivity index (χ0) is 13.9. The van der Waals surface area contributed by atoms with Gasteiger partial charge in [-0.1, -0.05) is 12.1 Å². The minimum absolute atomic E-state index is 0. The lowest BCUT2D eigenvalue weighted by Crippen LogP contribution is -2.46. The Morgan fingerprint density at radius 2 is 2.24 bits per heavy atom. The van der Waals surface area contributed by atoms with E-state index in [9.17, 15) is 9.59 Å². The van der Waals surface area contributed by atoms with Crippen molar-refractivity contribution in [3.8, 4) is 0 Å². The highest BCUT2D eigenvalue weighted by molar-refractivity contribution is 8.00. The molecule has 5 nitrogen and oxygen atoms in total. The lowest BCUT2D eigenvalue weighted by atomic mass is 10.2. The Labute approximate surface area is 134 Å². The Hall–Kier alpha value is -1.24. The van der Waals surface area contributed by atoms with Gasteiger partial charge in [0.1, 0.15) is 6.54 Å². The summed E-state index contributed by atoms with van der Waals surface area (Å²) >= 11 is 1.53. The molecule has 2 amide bonds. The van der Waals surface area contributed by atoms with Crippen molar-refractivity contribution in [1.29, 1.82) is 0 Å². The van der Waals surface area contributed by atoms with Crippen molar-refractivity contribution in [2.45, 2.75) is 17.4 Å². The van der Waals surface area contributed by atoms with Gasteiger partial charge in [-0.15, -0.1) is 24.2 Å². The number of hydrogen-bond acceptors (Lipinski definition) is 4. The number of amides is 2. The lowest BCUT2D eigenvalue weighted by molar-refractivity contribution is -0.123. The molecule has 0 radical (unpaired) electrons. The number of anilines is 1. The zero-order valence-corrected chi connectivity index (χ0v) is 13.1. The Balaban J connectivity index is 0.00000161. The fourth-order valence-electron chi connectivity index (χ4n) is 2.52. The van der Waals surface area contributed by atoms with Crippen molar-refractivity contribution >= 4 is 41.7 Å². The quantitative estimate of drug-likeness (QED) is 0.870. The van der Waals surface area contributed by atoms with Crippen LogP contribution in [-0.2, 0) is 9.59 Å². The number of nitrogens with zero attached hydrogens (tertiary/aromatic N) is 1. The molecule has 7 heteroatoms. The number of hydrogen-bond donors (Lipinski definition) is 2. The fraction of sp³-hybridized carbons (Fsp3) is 0.429. The first kappa shape index (κ1) is 16.1. The van der Waals surface area contributed by atoms with Gasteiger partial charge in [-0.2, -0.15) is 0 Å². The van der Waals surface area contributed by atoms with Crippen molar-refractivity contribution in [3.05, 3.63) is 24.3 Å². The topological polar surface area (TPSA) is 61.4 Å². The summed E-state index contributed by atoms with van der Waals surface area (Å²) in [5.74, 6) is 0.303. The summed E-state index contributed by atoms with van der Waals surface area (Å²) in [7, 11) is 0. The number of fused-ring (bicyclic) bond motifs is 1. The van der Waals surface area contributed by atoms with Crippen LogP contribution in [0.4, 0.5) is 5.69 Å². The van der Waals surface area contributed by atoms with Crippen LogP contribution in [0, 0.1) is 0 Å². The van der Waals surface area contributed by atoms with E-state index in [2.05, 4.69) is 10.6 Å². The highest BCUT2D eigenvalue weighted by Gasteiger charge is 2.27. The predicted octanol–water partition coefficient (Wildman–Crippen LogP) is 1.03. The average Bonchev–Trinajstić information content (AvgIpc) is 2.95. The molecule has 1 unspecified atom stereocenters. The molecule has 0 bridgehead atoms. The standard InChI is InChI=1S/C14H17N3O2S.ClH/c18-13(16-10-5-6-15-7-10)8-17-11-3-1-2-4-12(11)20-9-14(17)19;/h1-4,10,15H,5-9H2,(H,16,18);1H. The number of benzene rings is 1. The minimum Gasteiger partial charge on any atom is -0.350 e. The number of para-hydroxylation sites is 1. The number of rotatable bonds is 3. The van der Waals surface area contributed by atoms with E-state index >= 15 is 0 Å². The number of carbonyl (C=O) groups excluding carboxylic acids is 2. The summed E-state index contributed by atoms with van der Waals surface area (Å²) in [5, 5.41) is 6.18. The molecule has 0 aromatic heterocycles. The average molecular weight is 328 g/mol. The van der Waals surface area contributed by atoms with E-state index < -0.39 is 0 Å². The van der Waals surface area contributed by atoms with Gasteiger partial charge in [0.05, 0.1) is 11.4 Å². The van der Waals surface area contributed by atoms with E-state index in [1.807, 2.05) is 24.3 Å². The van der Waals surface area contributed by atoms with Gasteiger partial charge in [0.25, 0.3) is 0 Å². The first-order valence-corrected chi connectivity index (χ1v) is 7.75. The van der Waals surface area contributed by atoms with Crippen LogP contribution in [0.15, 0.2) is 29.2 Å². The maximum Gasteiger partial charge on any atom is 0.240 e. The normalized spacial score (nSPS) is 20.7. The molecule has 0 aliphatic carbocycles. The molecule has 3 rings (SSSR count). The second kappa shape index (κ2) is 7.15. The maximum atomic E-state index is 12.1. The highest BCUT2D eigenvalue weighted by Crippen LogP contribution is 2.34. The van der Waals surface area contributed by atoms with Gasteiger partial charge >= 0.3 is 0 Å². The SMILES string of the molecule is Cl.O=C(CN1C(=O)CSc2ccccc21)NC1CCNC1. The Bertz CT molecular complexity index is 535. The van der Waals surface area contributed by atoms with E-state index in [1.165, 1.54) is 11.8 Å². The summed E-state index contributed by atoms with van der Waals surface area (Å²) < 4.78 is 0. The Kier molecular flexibility index (Phi) is 5.50. The summed E-state index contributed by atoms with van der Waals surface area (Å²) in [6, 6.07) is 7.91. The van der Waals surface area contributed by atoms with Crippen LogP contribution in [0.3, 0.4) is 0 Å². The van der Waals surface area contributed by atoms with E-state index in [4.69, 9.17) is 0 Å². The summed E-state index contributed by atoms with van der Waals surface area (Å²) in [6.07, 6.45) is 0.951. The predicted molar refractivity (Wildman–Crippen MR) is 86.2 cm³/mol. The van der Waals surface area contributed by atoms with Crippen LogP contribution in [0.1, 0.15) is 6.42 Å². The van der Waals surface area contributed by atoms with Gasteiger partial charge < -0.3 is 15.5 Å². The Morgan fingerprint density at radius 3 is 3.00 bits per heavy atom. The monoisotopic (exact) mass is 327 g/mol. The molecule has 0 saturated carbocycles. The third-order valence-corrected chi connectivity index (χ3v) is 4.58. The van der Waals surface area contributed by atoms with E-state index in [1.54, 1.807) is 4.90 Å². The number of nitrogens with one attached hydrogen (secondary N) is 2. The van der Waals surface area contributed by atoms with Gasteiger partial charge in [0.15, 0.2) is 0 Å². The Morgan fingerprint density at radius 1 is 1.43 bits per heavy atom. The van der Waals surface area contributed by atoms with Gasteiger partial charge in [-0.25, -0.2) is 0 Å². The largest absolute Gasteiger partial charge is 0.350 e. The third kappa shape index (κ3) is 3.70. The summed E-state index contributed by atoms with van der Waals surface area (Å²) in [6.45, 7) is 1.85. The van der Waals surface area contributed by atoms with Crippen LogP contribution in [0.2, 0.25) is 0 Å². The van der Waals surface area contributed by atoms with Crippen molar-refractivity contribution in [3.63, 3.8) is 0 Å². The third-order valence-electron chi connectivity index (χ3n) is 3.54. The number of halogens is 1. The molecule has 2 heterocycles. The molecule has 2 aliphatic rings. The van der Waals surface area contributed by atoms with Crippen LogP contribution in [-0.4, -0.2) is 43.2 Å². The molecule has 2 aliphatic heterocycles. The molecule has 1 aromatic rings. The summed E-state index contributed by atoms with van der Waals surface area (Å²) in [5.41, 5.74) is 0.841. The zero-order valence-electron chi connectivity index (χ0n) is 11.5. The van der Waals surface area contributed by atoms with Gasteiger partial charge in [-0.3, -0.25) is 9.59 Å². The molecule has 1 fully saturated rings. The summed E-state index contributed by atoms with van der Waals surface area (Å²) in [4.78, 5) is 26.8. The molecule has 2 N–H and O–H groups in total. The van der Waals surface area contributed by atoms with Crippen molar-refractivity contribution in [2.75, 3.05) is 30.3 Å². The van der Waals surface area contributed by atoms with Crippen molar-refractivity contribution < 1.29 is 9.59 Å². The lowest BCUT2D eigenvalue weighted by Gasteiger charge is -2.28. The van der Waals surface area contributed by atoms with Crippen molar-refractivity contribution in [2.24, 2.45) is 0 Å². The van der Waals surface area contributed by atoms with Crippen LogP contribution in [0.5, 0.6) is 0 Å². The number of thioether (sulfide) groups is 1. The second-order valence-corrected chi connectivity index (χ2v) is 6.01. The van der Waals surface area contributed by atoms with Crippen LogP contribution in [0.25, 0.3) is 0 Å². The van der Waals surface area contributed by atoms with E-state index in [-0.39, 0.29) is 36.8 Å². The first-order chi connectivity index (χ1) is 9.74.